The predicted octanol–water partition coefficient (Wildman–Crippen LogP) is 4.49. The highest BCUT2D eigenvalue weighted by Crippen LogP contribution is 2.23. The van der Waals surface area contributed by atoms with Crippen molar-refractivity contribution >= 4 is 44.9 Å². The number of amides is 2. The Morgan fingerprint density at radius 3 is 2.55 bits per heavy atom. The Hall–Kier alpha value is -4.05. The van der Waals surface area contributed by atoms with E-state index in [1.54, 1.807) is 28.8 Å². The van der Waals surface area contributed by atoms with Crippen LogP contribution < -0.4 is 10.6 Å². The number of carbonyl (C=O) groups is 3. The first kappa shape index (κ1) is 22.2. The van der Waals surface area contributed by atoms with Crippen molar-refractivity contribution in [2.45, 2.75) is 6.54 Å². The minimum atomic E-state index is -1.31. The molecule has 0 aliphatic rings. The molecule has 2 aromatic heterocycles. The van der Waals surface area contributed by atoms with E-state index in [0.29, 0.717) is 15.7 Å². The lowest BCUT2D eigenvalue weighted by Crippen LogP contribution is -2.29. The first-order chi connectivity index (χ1) is 15.8. The largest absolute Gasteiger partial charge is 0.478 e. The number of hydrogen-bond acceptors (Lipinski definition) is 4. The molecule has 4 aromatic rings. The number of pyridine rings is 1. The molecule has 0 saturated heterocycles. The summed E-state index contributed by atoms with van der Waals surface area (Å²) in [6.07, 6.45) is 1.68. The number of urea groups is 1. The van der Waals surface area contributed by atoms with Gasteiger partial charge in [0.15, 0.2) is 5.82 Å². The Kier molecular flexibility index (Phi) is 6.18. The SMILES string of the molecule is O=C(NCc1ccc(F)cc1)Nc1ccc(C(=O)c2nc(Br)c3ccccn23)cc1C(=O)O. The second kappa shape index (κ2) is 9.21. The fraction of sp³-hybridized carbons (Fsp3) is 0.0435. The highest BCUT2D eigenvalue weighted by molar-refractivity contribution is 9.10. The topological polar surface area (TPSA) is 113 Å². The van der Waals surface area contributed by atoms with Crippen molar-refractivity contribution in [2.24, 2.45) is 0 Å². The van der Waals surface area contributed by atoms with Crippen LogP contribution in [0.2, 0.25) is 0 Å². The molecule has 0 saturated carbocycles. The van der Waals surface area contributed by atoms with Crippen LogP contribution in [0.3, 0.4) is 0 Å². The summed E-state index contributed by atoms with van der Waals surface area (Å²) in [6, 6.07) is 14.2. The lowest BCUT2D eigenvalue weighted by atomic mass is 10.0. The second-order valence-electron chi connectivity index (χ2n) is 7.01. The number of carboxylic acids is 1. The van der Waals surface area contributed by atoms with Gasteiger partial charge in [0.25, 0.3) is 0 Å². The molecular weight excluding hydrogens is 495 g/mol. The molecule has 8 nitrogen and oxygen atoms in total. The standard InChI is InChI=1S/C23H16BrFN4O4/c24-20-18-3-1-2-10-29(18)21(28-20)19(30)14-6-9-17(16(11-14)22(31)32)27-23(33)26-12-13-4-7-15(25)8-5-13/h1-11H,12H2,(H,31,32)(H2,26,27,33). The summed E-state index contributed by atoms with van der Waals surface area (Å²) in [4.78, 5) is 41.3. The average molecular weight is 511 g/mol. The molecule has 3 N–H and O–H groups in total. The van der Waals surface area contributed by atoms with Crippen LogP contribution in [-0.2, 0) is 6.54 Å². The third kappa shape index (κ3) is 4.75. The monoisotopic (exact) mass is 510 g/mol. The molecule has 0 unspecified atom stereocenters. The number of aromatic carboxylic acids is 1. The fourth-order valence-electron chi connectivity index (χ4n) is 3.21. The Balaban J connectivity index is 1.54. The smallest absolute Gasteiger partial charge is 0.337 e. The molecule has 2 heterocycles. The summed E-state index contributed by atoms with van der Waals surface area (Å²) in [7, 11) is 0. The molecule has 0 bridgehead atoms. The maximum atomic E-state index is 13.0. The van der Waals surface area contributed by atoms with Gasteiger partial charge in [0, 0.05) is 18.3 Å². The van der Waals surface area contributed by atoms with E-state index in [9.17, 15) is 23.9 Å². The molecule has 0 fully saturated rings. The number of nitrogens with one attached hydrogen (secondary N) is 2. The summed E-state index contributed by atoms with van der Waals surface area (Å²) in [5.74, 6) is -2.06. The quantitative estimate of drug-likeness (QED) is 0.331. The number of anilines is 1. The number of halogens is 2. The van der Waals surface area contributed by atoms with Crippen LogP contribution in [0, 0.1) is 5.82 Å². The predicted molar refractivity (Wildman–Crippen MR) is 122 cm³/mol. The zero-order valence-corrected chi connectivity index (χ0v) is 18.5. The van der Waals surface area contributed by atoms with E-state index in [2.05, 4.69) is 31.5 Å². The minimum Gasteiger partial charge on any atom is -0.478 e. The zero-order valence-electron chi connectivity index (χ0n) is 16.9. The van der Waals surface area contributed by atoms with E-state index in [4.69, 9.17) is 0 Å². The summed E-state index contributed by atoms with van der Waals surface area (Å²) >= 11 is 3.32. The minimum absolute atomic E-state index is 0.0183. The van der Waals surface area contributed by atoms with Gasteiger partial charge < -0.3 is 15.7 Å². The van der Waals surface area contributed by atoms with Crippen LogP contribution in [0.25, 0.3) is 5.52 Å². The molecule has 0 radical (unpaired) electrons. The number of imidazole rings is 1. The van der Waals surface area contributed by atoms with E-state index in [-0.39, 0.29) is 35.0 Å². The normalized spacial score (nSPS) is 10.7. The van der Waals surface area contributed by atoms with Gasteiger partial charge in [-0.3, -0.25) is 9.20 Å². The fourth-order valence-corrected chi connectivity index (χ4v) is 3.70. The van der Waals surface area contributed by atoms with Crippen molar-refractivity contribution in [3.8, 4) is 0 Å². The third-order valence-electron chi connectivity index (χ3n) is 4.83. The molecule has 166 valence electrons. The first-order valence-electron chi connectivity index (χ1n) is 9.67. The number of ketones is 1. The Morgan fingerprint density at radius 2 is 1.82 bits per heavy atom. The van der Waals surface area contributed by atoms with Crippen LogP contribution in [-0.4, -0.2) is 32.3 Å². The van der Waals surface area contributed by atoms with Gasteiger partial charge in [-0.1, -0.05) is 18.2 Å². The molecule has 0 spiro atoms. The van der Waals surface area contributed by atoms with Crippen molar-refractivity contribution in [3.05, 3.63) is 99.8 Å². The Bertz CT molecular complexity index is 1390. The van der Waals surface area contributed by atoms with Gasteiger partial charge in [0.05, 0.1) is 16.8 Å². The molecule has 2 aromatic carbocycles. The maximum Gasteiger partial charge on any atom is 0.337 e. The number of hydrogen-bond donors (Lipinski definition) is 3. The molecule has 33 heavy (non-hydrogen) atoms. The number of carboxylic acid groups (broad SMARTS) is 1. The van der Waals surface area contributed by atoms with Crippen LogP contribution in [0.1, 0.15) is 32.1 Å². The van der Waals surface area contributed by atoms with Crippen molar-refractivity contribution in [3.63, 3.8) is 0 Å². The van der Waals surface area contributed by atoms with E-state index >= 15 is 0 Å². The highest BCUT2D eigenvalue weighted by atomic mass is 79.9. The van der Waals surface area contributed by atoms with E-state index in [1.165, 1.54) is 42.5 Å². The Labute approximate surface area is 195 Å². The van der Waals surface area contributed by atoms with Gasteiger partial charge in [-0.25, -0.2) is 19.0 Å². The zero-order chi connectivity index (χ0) is 23.5. The second-order valence-corrected chi connectivity index (χ2v) is 7.76. The van der Waals surface area contributed by atoms with Crippen LogP contribution in [0.4, 0.5) is 14.9 Å². The number of fused-ring (bicyclic) bond motifs is 1. The van der Waals surface area contributed by atoms with Crippen molar-refractivity contribution < 1.29 is 23.9 Å². The van der Waals surface area contributed by atoms with E-state index in [0.717, 1.165) is 0 Å². The van der Waals surface area contributed by atoms with Gasteiger partial charge in [0.1, 0.15) is 10.4 Å². The van der Waals surface area contributed by atoms with Gasteiger partial charge in [-0.05, 0) is 64.0 Å². The van der Waals surface area contributed by atoms with Crippen LogP contribution in [0.5, 0.6) is 0 Å². The molecule has 0 atom stereocenters. The summed E-state index contributed by atoms with van der Waals surface area (Å²) in [5.41, 5.74) is 1.23. The summed E-state index contributed by atoms with van der Waals surface area (Å²) in [6.45, 7) is 0.118. The highest BCUT2D eigenvalue weighted by Gasteiger charge is 2.21. The molecule has 0 aliphatic carbocycles. The van der Waals surface area contributed by atoms with Crippen LogP contribution >= 0.6 is 15.9 Å². The third-order valence-corrected chi connectivity index (χ3v) is 5.42. The van der Waals surface area contributed by atoms with Crippen molar-refractivity contribution in [1.29, 1.82) is 0 Å². The van der Waals surface area contributed by atoms with Gasteiger partial charge in [-0.15, -0.1) is 0 Å². The first-order valence-corrected chi connectivity index (χ1v) is 10.5. The van der Waals surface area contributed by atoms with Crippen LogP contribution in [0.15, 0.2) is 71.5 Å². The molecular formula is C23H16BrFN4O4. The van der Waals surface area contributed by atoms with Crippen molar-refractivity contribution in [2.75, 3.05) is 5.32 Å². The molecule has 10 heteroatoms. The summed E-state index contributed by atoms with van der Waals surface area (Å²) < 4.78 is 15.1. The number of rotatable bonds is 6. The van der Waals surface area contributed by atoms with E-state index in [1.807, 2.05) is 0 Å². The molecule has 2 amide bonds. The summed E-state index contributed by atoms with van der Waals surface area (Å²) in [5, 5.41) is 14.7. The molecule has 4 rings (SSSR count). The number of benzene rings is 2. The van der Waals surface area contributed by atoms with Gasteiger partial charge in [-0.2, -0.15) is 0 Å². The van der Waals surface area contributed by atoms with E-state index < -0.39 is 17.8 Å². The number of nitrogens with zero attached hydrogens (tertiary/aromatic N) is 2. The van der Waals surface area contributed by atoms with Crippen molar-refractivity contribution in [1.82, 2.24) is 14.7 Å². The number of carbonyl (C=O) groups excluding carboxylic acids is 2. The average Bonchev–Trinajstić information content (AvgIpc) is 3.15. The lowest BCUT2D eigenvalue weighted by Gasteiger charge is -2.11. The maximum absolute atomic E-state index is 13.0. The molecule has 0 aliphatic heterocycles. The Morgan fingerprint density at radius 1 is 1.06 bits per heavy atom. The van der Waals surface area contributed by atoms with Gasteiger partial charge >= 0.3 is 12.0 Å². The lowest BCUT2D eigenvalue weighted by molar-refractivity contribution is 0.0698. The van der Waals surface area contributed by atoms with Gasteiger partial charge in [0.2, 0.25) is 5.78 Å². The number of aromatic nitrogens is 2.